The number of piperidine rings is 1. The van der Waals surface area contributed by atoms with E-state index in [1.54, 1.807) is 11.0 Å². The molecule has 26 heavy (non-hydrogen) atoms. The van der Waals surface area contributed by atoms with Gasteiger partial charge in [-0.25, -0.2) is 4.39 Å². The molecule has 0 aliphatic carbocycles. The Morgan fingerprint density at radius 3 is 2.50 bits per heavy atom. The molecule has 0 aromatic heterocycles. The van der Waals surface area contributed by atoms with E-state index in [1.165, 1.54) is 12.1 Å². The van der Waals surface area contributed by atoms with Crippen molar-refractivity contribution < 1.29 is 14.0 Å². The second-order valence-electron chi connectivity index (χ2n) is 6.49. The third kappa shape index (κ3) is 4.12. The van der Waals surface area contributed by atoms with Crippen molar-refractivity contribution in [2.24, 2.45) is 5.92 Å². The molecule has 1 N–H and O–H groups in total. The number of nitrogens with one attached hydrogen (secondary N) is 1. The molecule has 1 aliphatic rings. The predicted molar refractivity (Wildman–Crippen MR) is 103 cm³/mol. The van der Waals surface area contributed by atoms with Gasteiger partial charge in [-0.3, -0.25) is 9.59 Å². The number of hydrogen-bond donors (Lipinski definition) is 1. The lowest BCUT2D eigenvalue weighted by atomic mass is 9.95. The summed E-state index contributed by atoms with van der Waals surface area (Å²) in [5.74, 6) is -0.894. The molecule has 4 nitrogen and oxygen atoms in total. The Bertz CT molecular complexity index is 832. The van der Waals surface area contributed by atoms with Gasteiger partial charge in [0, 0.05) is 29.0 Å². The zero-order chi connectivity index (χ0) is 18.7. The van der Waals surface area contributed by atoms with E-state index < -0.39 is 5.82 Å². The maximum atomic E-state index is 13.9. The molecule has 1 saturated heterocycles. The quantitative estimate of drug-likeness (QED) is 0.803. The molecule has 0 radical (unpaired) electrons. The molecule has 2 aromatic rings. The molecule has 1 heterocycles. The average molecular weight is 419 g/mol. The monoisotopic (exact) mass is 418 g/mol. The van der Waals surface area contributed by atoms with E-state index in [0.29, 0.717) is 36.0 Å². The van der Waals surface area contributed by atoms with Gasteiger partial charge < -0.3 is 10.2 Å². The fourth-order valence-electron chi connectivity index (χ4n) is 3.15. The van der Waals surface area contributed by atoms with Crippen LogP contribution in [-0.4, -0.2) is 29.8 Å². The minimum absolute atomic E-state index is 0.000845. The Labute approximate surface area is 160 Å². The molecule has 3 rings (SSSR count). The number of carbonyl (C=O) groups is 2. The smallest absolute Gasteiger partial charge is 0.254 e. The molecule has 0 saturated carbocycles. The second kappa shape index (κ2) is 7.99. The van der Waals surface area contributed by atoms with Gasteiger partial charge in [-0.05, 0) is 49.6 Å². The van der Waals surface area contributed by atoms with E-state index in [4.69, 9.17) is 0 Å². The summed E-state index contributed by atoms with van der Waals surface area (Å²) in [6.07, 6.45) is 1.14. The first-order valence-electron chi connectivity index (χ1n) is 8.56. The number of rotatable bonds is 3. The van der Waals surface area contributed by atoms with Gasteiger partial charge in [-0.15, -0.1) is 0 Å². The van der Waals surface area contributed by atoms with Crippen molar-refractivity contribution in [3.8, 4) is 0 Å². The fraction of sp³-hybridized carbons (Fsp3) is 0.300. The summed E-state index contributed by atoms with van der Waals surface area (Å²) in [5, 5.41) is 2.65. The normalized spacial score (nSPS) is 15.0. The average Bonchev–Trinajstić information content (AvgIpc) is 2.64. The Hall–Kier alpha value is -2.21. The third-order valence-corrected chi connectivity index (χ3v) is 5.21. The van der Waals surface area contributed by atoms with Gasteiger partial charge in [0.1, 0.15) is 5.82 Å². The van der Waals surface area contributed by atoms with E-state index in [0.717, 1.165) is 5.56 Å². The summed E-state index contributed by atoms with van der Waals surface area (Å²) >= 11 is 3.19. The van der Waals surface area contributed by atoms with Gasteiger partial charge in [-0.1, -0.05) is 34.1 Å². The number of likely N-dealkylation sites (tertiary alicyclic amines) is 1. The number of amides is 2. The predicted octanol–water partition coefficient (Wildman–Crippen LogP) is 4.39. The number of anilines is 1. The highest BCUT2D eigenvalue weighted by molar-refractivity contribution is 9.10. The Morgan fingerprint density at radius 2 is 1.85 bits per heavy atom. The lowest BCUT2D eigenvalue weighted by Gasteiger charge is -2.31. The van der Waals surface area contributed by atoms with Crippen LogP contribution in [-0.2, 0) is 4.79 Å². The number of hydrogen-bond acceptors (Lipinski definition) is 2. The molecule has 0 spiro atoms. The summed E-state index contributed by atoms with van der Waals surface area (Å²) in [5.41, 5.74) is 1.83. The zero-order valence-corrected chi connectivity index (χ0v) is 16.1. The lowest BCUT2D eigenvalue weighted by Crippen LogP contribution is -2.41. The summed E-state index contributed by atoms with van der Waals surface area (Å²) in [6.45, 7) is 2.96. The van der Waals surface area contributed by atoms with Gasteiger partial charge in [-0.2, -0.15) is 0 Å². The van der Waals surface area contributed by atoms with Crippen LogP contribution in [0, 0.1) is 18.7 Å². The molecule has 0 atom stereocenters. The van der Waals surface area contributed by atoms with Crippen molar-refractivity contribution in [3.05, 3.63) is 63.9 Å². The maximum Gasteiger partial charge on any atom is 0.254 e. The van der Waals surface area contributed by atoms with E-state index in [-0.39, 0.29) is 23.4 Å². The Morgan fingerprint density at radius 1 is 1.15 bits per heavy atom. The van der Waals surface area contributed by atoms with Gasteiger partial charge in [0.2, 0.25) is 5.91 Å². The van der Waals surface area contributed by atoms with E-state index in [1.807, 2.05) is 31.2 Å². The number of benzene rings is 2. The fourth-order valence-corrected chi connectivity index (χ4v) is 3.49. The molecular weight excluding hydrogens is 399 g/mol. The van der Waals surface area contributed by atoms with Crippen LogP contribution in [0.3, 0.4) is 0 Å². The second-order valence-corrected chi connectivity index (χ2v) is 7.41. The third-order valence-electron chi connectivity index (χ3n) is 4.72. The zero-order valence-electron chi connectivity index (χ0n) is 14.5. The van der Waals surface area contributed by atoms with Gasteiger partial charge >= 0.3 is 0 Å². The summed E-state index contributed by atoms with van der Waals surface area (Å²) < 4.78 is 14.5. The van der Waals surface area contributed by atoms with Crippen molar-refractivity contribution in [3.63, 3.8) is 0 Å². The highest BCUT2D eigenvalue weighted by Crippen LogP contribution is 2.24. The van der Waals surface area contributed by atoms with Crippen LogP contribution in [0.5, 0.6) is 0 Å². The molecule has 1 fully saturated rings. The number of carbonyl (C=O) groups excluding carboxylic acids is 2. The van der Waals surface area contributed by atoms with Crippen molar-refractivity contribution in [1.29, 1.82) is 0 Å². The highest BCUT2D eigenvalue weighted by atomic mass is 79.9. The van der Waals surface area contributed by atoms with E-state index in [2.05, 4.69) is 21.2 Å². The van der Waals surface area contributed by atoms with E-state index in [9.17, 15) is 14.0 Å². The van der Waals surface area contributed by atoms with Crippen LogP contribution < -0.4 is 5.32 Å². The van der Waals surface area contributed by atoms with Crippen molar-refractivity contribution in [2.45, 2.75) is 19.8 Å². The van der Waals surface area contributed by atoms with Crippen LogP contribution in [0.1, 0.15) is 28.8 Å². The van der Waals surface area contributed by atoms with Crippen molar-refractivity contribution >= 4 is 33.4 Å². The van der Waals surface area contributed by atoms with Crippen LogP contribution in [0.15, 0.2) is 46.9 Å². The molecule has 2 amide bonds. The van der Waals surface area contributed by atoms with Gasteiger partial charge in [0.05, 0.1) is 5.69 Å². The summed E-state index contributed by atoms with van der Waals surface area (Å²) in [7, 11) is 0. The lowest BCUT2D eigenvalue weighted by molar-refractivity contribution is -0.121. The number of halogens is 2. The number of aryl methyl sites for hydroxylation is 1. The maximum absolute atomic E-state index is 13.9. The van der Waals surface area contributed by atoms with Crippen LogP contribution >= 0.6 is 15.9 Å². The molecule has 1 aliphatic heterocycles. The topological polar surface area (TPSA) is 49.4 Å². The minimum atomic E-state index is -0.472. The molecule has 136 valence electrons. The highest BCUT2D eigenvalue weighted by Gasteiger charge is 2.28. The van der Waals surface area contributed by atoms with Crippen molar-refractivity contribution in [2.75, 3.05) is 18.4 Å². The SMILES string of the molecule is Cc1ccccc1C(=O)N1CCC(C(=O)Nc2ccc(Br)cc2F)CC1. The van der Waals surface area contributed by atoms with Gasteiger partial charge in [0.15, 0.2) is 0 Å². The van der Waals surface area contributed by atoms with Crippen molar-refractivity contribution in [1.82, 2.24) is 4.90 Å². The Balaban J connectivity index is 1.59. The first-order valence-corrected chi connectivity index (χ1v) is 9.36. The first kappa shape index (κ1) is 18.6. The first-order chi connectivity index (χ1) is 12.5. The molecule has 6 heteroatoms. The van der Waals surface area contributed by atoms with Crippen LogP contribution in [0.25, 0.3) is 0 Å². The van der Waals surface area contributed by atoms with E-state index >= 15 is 0 Å². The number of nitrogens with zero attached hydrogens (tertiary/aromatic N) is 1. The molecule has 0 bridgehead atoms. The standard InChI is InChI=1S/C20H20BrFN2O2/c1-13-4-2-3-5-16(13)20(26)24-10-8-14(9-11-24)19(25)23-18-7-6-15(21)12-17(18)22/h2-7,12,14H,8-11H2,1H3,(H,23,25). The molecule has 2 aromatic carbocycles. The minimum Gasteiger partial charge on any atom is -0.339 e. The van der Waals surface area contributed by atoms with Crippen LogP contribution in [0.2, 0.25) is 0 Å². The molecule has 0 unspecified atom stereocenters. The van der Waals surface area contributed by atoms with Gasteiger partial charge in [0.25, 0.3) is 5.91 Å². The molecular formula is C20H20BrFN2O2. The van der Waals surface area contributed by atoms with Crippen LogP contribution in [0.4, 0.5) is 10.1 Å². The summed E-state index contributed by atoms with van der Waals surface area (Å²) in [6, 6.07) is 12.0. The summed E-state index contributed by atoms with van der Waals surface area (Å²) in [4.78, 5) is 26.8. The largest absolute Gasteiger partial charge is 0.339 e. The Kier molecular flexibility index (Phi) is 5.71.